The van der Waals surface area contributed by atoms with Crippen molar-refractivity contribution in [2.24, 2.45) is 0 Å². The van der Waals surface area contributed by atoms with Crippen LogP contribution in [0.1, 0.15) is 15.9 Å². The number of carbonyl (C=O) groups is 1. The molecule has 0 unspecified atom stereocenters. The van der Waals surface area contributed by atoms with Crippen molar-refractivity contribution in [2.45, 2.75) is 0 Å². The van der Waals surface area contributed by atoms with Crippen molar-refractivity contribution in [1.82, 2.24) is 0 Å². The summed E-state index contributed by atoms with van der Waals surface area (Å²) >= 11 is 0. The molecule has 0 atom stereocenters. The van der Waals surface area contributed by atoms with Gasteiger partial charge in [0.05, 0.1) is 19.3 Å². The molecule has 2 rings (SSSR count). The minimum absolute atomic E-state index is 0.0394. The lowest BCUT2D eigenvalue weighted by Gasteiger charge is -2.07. The van der Waals surface area contributed by atoms with Crippen LogP contribution in [0.25, 0.3) is 6.08 Å². The minimum Gasteiger partial charge on any atom is -0.496 e. The molecule has 0 aromatic heterocycles. The lowest BCUT2D eigenvalue weighted by Crippen LogP contribution is -2.05. The maximum Gasteiger partial charge on any atom is 0.207 e. The first-order chi connectivity index (χ1) is 12.2. The molecule has 0 aliphatic carbocycles. The average Bonchev–Trinajstić information content (AvgIpc) is 2.67. The lowest BCUT2D eigenvalue weighted by molar-refractivity contribution is 0.103. The number of Topliss-reactive ketones (excluding diaryl/α,β-unsaturated/α-hetero) is 1. The van der Waals surface area contributed by atoms with Gasteiger partial charge in [0.2, 0.25) is 5.78 Å². The number of nitriles is 1. The molecule has 0 radical (unpaired) electrons. The molecule has 128 valence electrons. The van der Waals surface area contributed by atoms with Crippen molar-refractivity contribution < 1.29 is 19.0 Å². The van der Waals surface area contributed by atoms with E-state index in [4.69, 9.17) is 14.2 Å². The summed E-state index contributed by atoms with van der Waals surface area (Å²) in [6.07, 6.45) is 1.55. The molecule has 0 fully saturated rings. The van der Waals surface area contributed by atoms with E-state index in [-0.39, 0.29) is 11.4 Å². The van der Waals surface area contributed by atoms with Crippen molar-refractivity contribution in [3.63, 3.8) is 0 Å². The van der Waals surface area contributed by atoms with Crippen molar-refractivity contribution >= 4 is 11.9 Å². The van der Waals surface area contributed by atoms with Gasteiger partial charge >= 0.3 is 0 Å². The summed E-state index contributed by atoms with van der Waals surface area (Å²) in [4.78, 5) is 12.6. The summed E-state index contributed by atoms with van der Waals surface area (Å²) < 4.78 is 15.6. The number of ether oxygens (including phenoxy) is 3. The Morgan fingerprint density at radius 1 is 1.08 bits per heavy atom. The number of nitrogens with zero attached hydrogens (tertiary/aromatic N) is 1. The normalized spacial score (nSPS) is 10.8. The van der Waals surface area contributed by atoms with Gasteiger partial charge in [-0.1, -0.05) is 24.3 Å². The number of para-hydroxylation sites is 1. The SMILES string of the molecule is COCCOc1ccc(C=C(C#N)C(=O)c2ccccc2OC)cc1. The number of methoxy groups -OCH3 is 2. The summed E-state index contributed by atoms with van der Waals surface area (Å²) in [6.45, 7) is 0.967. The monoisotopic (exact) mass is 337 g/mol. The Bertz CT molecular complexity index is 788. The molecule has 25 heavy (non-hydrogen) atoms. The van der Waals surface area contributed by atoms with Crippen LogP contribution in [0.15, 0.2) is 54.1 Å². The van der Waals surface area contributed by atoms with Crippen LogP contribution in [0.3, 0.4) is 0 Å². The first kappa shape index (κ1) is 18.2. The fourth-order valence-electron chi connectivity index (χ4n) is 2.20. The van der Waals surface area contributed by atoms with Gasteiger partial charge in [-0.15, -0.1) is 0 Å². The maximum absolute atomic E-state index is 12.6. The van der Waals surface area contributed by atoms with Gasteiger partial charge in [-0.25, -0.2) is 0 Å². The smallest absolute Gasteiger partial charge is 0.207 e. The minimum atomic E-state index is -0.375. The van der Waals surface area contributed by atoms with Crippen LogP contribution in [0.2, 0.25) is 0 Å². The van der Waals surface area contributed by atoms with Crippen molar-refractivity contribution in [3.8, 4) is 17.6 Å². The van der Waals surface area contributed by atoms with Crippen molar-refractivity contribution in [2.75, 3.05) is 27.4 Å². The second-order valence-corrected chi connectivity index (χ2v) is 5.11. The largest absolute Gasteiger partial charge is 0.496 e. The summed E-state index contributed by atoms with van der Waals surface area (Å²) in [7, 11) is 3.10. The zero-order chi connectivity index (χ0) is 18.1. The van der Waals surface area contributed by atoms with E-state index in [1.54, 1.807) is 61.7 Å². The number of rotatable bonds is 8. The van der Waals surface area contributed by atoms with Gasteiger partial charge in [0, 0.05) is 7.11 Å². The molecular weight excluding hydrogens is 318 g/mol. The molecular formula is C20H19NO4. The Morgan fingerprint density at radius 2 is 1.80 bits per heavy atom. The van der Waals surface area contributed by atoms with E-state index < -0.39 is 0 Å². The Kier molecular flexibility index (Phi) is 6.76. The lowest BCUT2D eigenvalue weighted by atomic mass is 10.0. The molecule has 0 amide bonds. The van der Waals surface area contributed by atoms with E-state index in [0.717, 1.165) is 5.56 Å². The first-order valence-corrected chi connectivity index (χ1v) is 7.71. The fraction of sp³-hybridized carbons (Fsp3) is 0.200. The third-order valence-electron chi connectivity index (χ3n) is 3.46. The van der Waals surface area contributed by atoms with Crippen LogP contribution in [-0.4, -0.2) is 33.2 Å². The van der Waals surface area contributed by atoms with Gasteiger partial charge < -0.3 is 14.2 Å². The van der Waals surface area contributed by atoms with E-state index in [0.29, 0.717) is 30.3 Å². The molecule has 0 N–H and O–H groups in total. The van der Waals surface area contributed by atoms with Gasteiger partial charge in [-0.3, -0.25) is 4.79 Å². The highest BCUT2D eigenvalue weighted by Crippen LogP contribution is 2.22. The highest BCUT2D eigenvalue weighted by Gasteiger charge is 2.16. The van der Waals surface area contributed by atoms with E-state index in [9.17, 15) is 10.1 Å². The third-order valence-corrected chi connectivity index (χ3v) is 3.46. The number of allylic oxidation sites excluding steroid dienone is 1. The quantitative estimate of drug-likeness (QED) is 0.319. The molecule has 5 nitrogen and oxygen atoms in total. The first-order valence-electron chi connectivity index (χ1n) is 7.71. The summed E-state index contributed by atoms with van der Waals surface area (Å²) in [5.41, 5.74) is 1.13. The van der Waals surface area contributed by atoms with Crippen LogP contribution in [0.5, 0.6) is 11.5 Å². The van der Waals surface area contributed by atoms with Crippen molar-refractivity contribution in [3.05, 3.63) is 65.2 Å². The zero-order valence-corrected chi connectivity index (χ0v) is 14.2. The van der Waals surface area contributed by atoms with Crippen LogP contribution in [0, 0.1) is 11.3 Å². The predicted octanol–water partition coefficient (Wildman–Crippen LogP) is 3.51. The molecule has 5 heteroatoms. The molecule has 2 aromatic rings. The molecule has 0 heterocycles. The Labute approximate surface area is 147 Å². The second kappa shape index (κ2) is 9.26. The molecule has 0 aliphatic rings. The topological polar surface area (TPSA) is 68.5 Å². The number of carbonyl (C=O) groups excluding carboxylic acids is 1. The Morgan fingerprint density at radius 3 is 2.44 bits per heavy atom. The molecule has 0 saturated carbocycles. The van der Waals surface area contributed by atoms with E-state index in [1.807, 2.05) is 6.07 Å². The maximum atomic E-state index is 12.6. The predicted molar refractivity (Wildman–Crippen MR) is 94.7 cm³/mol. The van der Waals surface area contributed by atoms with Crippen LogP contribution >= 0.6 is 0 Å². The van der Waals surface area contributed by atoms with Crippen LogP contribution in [-0.2, 0) is 4.74 Å². The number of ketones is 1. The average molecular weight is 337 g/mol. The molecule has 2 aromatic carbocycles. The van der Waals surface area contributed by atoms with Gasteiger partial charge in [0.1, 0.15) is 29.7 Å². The molecule has 0 saturated heterocycles. The number of hydrogen-bond acceptors (Lipinski definition) is 5. The van der Waals surface area contributed by atoms with E-state index in [1.165, 1.54) is 7.11 Å². The van der Waals surface area contributed by atoms with Crippen molar-refractivity contribution in [1.29, 1.82) is 5.26 Å². The molecule has 0 bridgehead atoms. The molecule has 0 aliphatic heterocycles. The zero-order valence-electron chi connectivity index (χ0n) is 14.2. The Hall–Kier alpha value is -3.10. The fourth-order valence-corrected chi connectivity index (χ4v) is 2.20. The van der Waals surface area contributed by atoms with Crippen LogP contribution < -0.4 is 9.47 Å². The van der Waals surface area contributed by atoms with Gasteiger partial charge in [-0.05, 0) is 35.9 Å². The van der Waals surface area contributed by atoms with Crippen LogP contribution in [0.4, 0.5) is 0 Å². The Balaban J connectivity index is 2.19. The van der Waals surface area contributed by atoms with Gasteiger partial charge in [0.15, 0.2) is 0 Å². The molecule has 0 spiro atoms. The summed E-state index contributed by atoms with van der Waals surface area (Å²) in [6, 6.07) is 15.9. The van der Waals surface area contributed by atoms with E-state index in [2.05, 4.69) is 0 Å². The van der Waals surface area contributed by atoms with E-state index >= 15 is 0 Å². The summed E-state index contributed by atoms with van der Waals surface area (Å²) in [5.74, 6) is 0.764. The van der Waals surface area contributed by atoms with Gasteiger partial charge in [0.25, 0.3) is 0 Å². The van der Waals surface area contributed by atoms with Gasteiger partial charge in [-0.2, -0.15) is 5.26 Å². The summed E-state index contributed by atoms with van der Waals surface area (Å²) in [5, 5.41) is 9.36. The number of hydrogen-bond donors (Lipinski definition) is 0. The third kappa shape index (κ3) is 4.93. The number of benzene rings is 2. The highest BCUT2D eigenvalue weighted by atomic mass is 16.5. The second-order valence-electron chi connectivity index (χ2n) is 5.11. The highest BCUT2D eigenvalue weighted by molar-refractivity contribution is 6.15. The standard InChI is InChI=1S/C20H19NO4/c1-23-11-12-25-17-9-7-15(8-10-17)13-16(14-21)20(22)18-5-3-4-6-19(18)24-2/h3-10,13H,11-12H2,1-2H3.